The third-order valence-electron chi connectivity index (χ3n) is 3.31. The third-order valence-corrected chi connectivity index (χ3v) is 5.81. The number of halogens is 3. The van der Waals surface area contributed by atoms with Gasteiger partial charge in [-0.15, -0.1) is 0 Å². The maximum Gasteiger partial charge on any atom is 0.480 e. The van der Waals surface area contributed by atoms with Crippen molar-refractivity contribution in [1.82, 2.24) is 0 Å². The number of benzene rings is 2. The van der Waals surface area contributed by atoms with Crippen LogP contribution >= 0.6 is 0 Å². The molecular formula is C14H11F3NO7S2-. The van der Waals surface area contributed by atoms with E-state index in [4.69, 9.17) is 9.47 Å². The number of alkyl halides is 3. The van der Waals surface area contributed by atoms with Gasteiger partial charge >= 0.3 is 5.51 Å². The lowest BCUT2D eigenvalue weighted by molar-refractivity contribution is -0.0425. The molecule has 13 heteroatoms. The number of epoxide rings is 1. The van der Waals surface area contributed by atoms with Gasteiger partial charge in [0.2, 0.25) is 10.3 Å². The second kappa shape index (κ2) is 6.82. The minimum Gasteiger partial charge on any atom is -0.490 e. The number of fused-ring (bicyclic) bond motifs is 1. The van der Waals surface area contributed by atoms with Crippen LogP contribution in [0.2, 0.25) is 0 Å². The van der Waals surface area contributed by atoms with Crippen molar-refractivity contribution in [2.24, 2.45) is 0 Å². The van der Waals surface area contributed by atoms with E-state index in [-0.39, 0.29) is 18.5 Å². The summed E-state index contributed by atoms with van der Waals surface area (Å²) in [5.74, 6) is -0.269. The molecule has 148 valence electrons. The second-order valence-corrected chi connectivity index (χ2v) is 8.45. The summed E-state index contributed by atoms with van der Waals surface area (Å²) >= 11 is 0. The molecule has 0 aliphatic carbocycles. The van der Waals surface area contributed by atoms with E-state index in [1.807, 2.05) is 4.13 Å². The van der Waals surface area contributed by atoms with Gasteiger partial charge in [0.15, 0.2) is 10.0 Å². The van der Waals surface area contributed by atoms with Crippen LogP contribution in [-0.2, 0) is 25.1 Å². The molecule has 0 amide bonds. The Kier molecular flexibility index (Phi) is 4.96. The first-order valence-corrected chi connectivity index (χ1v) is 10.0. The van der Waals surface area contributed by atoms with Crippen LogP contribution in [0, 0.1) is 0 Å². The zero-order chi connectivity index (χ0) is 19.9. The maximum absolute atomic E-state index is 12.3. The molecule has 1 aliphatic rings. The molecule has 1 aliphatic heterocycles. The maximum atomic E-state index is 12.3. The predicted molar refractivity (Wildman–Crippen MR) is 87.1 cm³/mol. The Morgan fingerprint density at radius 1 is 1.15 bits per heavy atom. The standard InChI is InChI=1S/C14H11F3NO7S2/c15-14(16,17)26(19,20)18-27(21,22)25-10-5-9-3-1-2-4-12(9)13(6-10)24-8-11-7-23-11/h1-6,11H,7-8H2/q-1. The van der Waals surface area contributed by atoms with Crippen LogP contribution in [0.3, 0.4) is 0 Å². The number of rotatable bonds is 7. The first-order valence-electron chi connectivity index (χ1n) is 7.24. The highest BCUT2D eigenvalue weighted by Gasteiger charge is 2.40. The fraction of sp³-hybridized carbons (Fsp3) is 0.286. The van der Waals surface area contributed by atoms with Crippen molar-refractivity contribution in [1.29, 1.82) is 0 Å². The van der Waals surface area contributed by atoms with Crippen LogP contribution in [-0.4, -0.2) is 41.7 Å². The summed E-state index contributed by atoms with van der Waals surface area (Å²) in [6.07, 6.45) is -0.107. The Morgan fingerprint density at radius 2 is 1.81 bits per heavy atom. The highest BCUT2D eigenvalue weighted by atomic mass is 32.3. The summed E-state index contributed by atoms with van der Waals surface area (Å²) < 4.78 is 98.9. The molecule has 2 aromatic carbocycles. The van der Waals surface area contributed by atoms with Crippen molar-refractivity contribution in [3.63, 3.8) is 0 Å². The van der Waals surface area contributed by atoms with Crippen molar-refractivity contribution in [3.05, 3.63) is 40.5 Å². The van der Waals surface area contributed by atoms with Crippen molar-refractivity contribution in [2.45, 2.75) is 11.6 Å². The third kappa shape index (κ3) is 4.80. The molecule has 0 spiro atoms. The van der Waals surface area contributed by atoms with Crippen molar-refractivity contribution in [2.75, 3.05) is 13.2 Å². The van der Waals surface area contributed by atoms with Crippen LogP contribution < -0.4 is 8.92 Å². The van der Waals surface area contributed by atoms with Crippen LogP contribution in [0.5, 0.6) is 11.5 Å². The van der Waals surface area contributed by atoms with Gasteiger partial charge < -0.3 is 17.8 Å². The molecule has 1 heterocycles. The van der Waals surface area contributed by atoms with Gasteiger partial charge in [-0.3, -0.25) is 0 Å². The first-order chi connectivity index (χ1) is 12.5. The number of hydrogen-bond acceptors (Lipinski definition) is 7. The van der Waals surface area contributed by atoms with E-state index < -0.39 is 31.6 Å². The minimum atomic E-state index is -6.28. The van der Waals surface area contributed by atoms with Crippen LogP contribution in [0.4, 0.5) is 13.2 Å². The Hall–Kier alpha value is -2.09. The molecular weight excluding hydrogens is 415 g/mol. The molecule has 0 N–H and O–H groups in total. The van der Waals surface area contributed by atoms with Gasteiger partial charge in [0.1, 0.15) is 24.2 Å². The zero-order valence-corrected chi connectivity index (χ0v) is 14.8. The topological polar surface area (TPSA) is 113 Å². The molecule has 27 heavy (non-hydrogen) atoms. The van der Waals surface area contributed by atoms with E-state index in [2.05, 4.69) is 4.18 Å². The van der Waals surface area contributed by atoms with E-state index in [0.29, 0.717) is 17.4 Å². The predicted octanol–water partition coefficient (Wildman–Crippen LogP) is 2.46. The van der Waals surface area contributed by atoms with E-state index in [9.17, 15) is 30.0 Å². The minimum absolute atomic E-state index is 0.107. The lowest BCUT2D eigenvalue weighted by atomic mass is 10.1. The zero-order valence-electron chi connectivity index (χ0n) is 13.2. The monoisotopic (exact) mass is 426 g/mol. The normalized spacial score (nSPS) is 17.7. The molecule has 8 nitrogen and oxygen atoms in total. The molecule has 1 atom stereocenters. The number of ether oxygens (including phenoxy) is 2. The van der Waals surface area contributed by atoms with Crippen LogP contribution in [0.15, 0.2) is 36.4 Å². The van der Waals surface area contributed by atoms with Gasteiger partial charge in [-0.1, -0.05) is 24.3 Å². The van der Waals surface area contributed by atoms with E-state index >= 15 is 0 Å². The van der Waals surface area contributed by atoms with Gasteiger partial charge in [-0.05, 0) is 11.5 Å². The number of hydrogen-bond donors (Lipinski definition) is 0. The Balaban J connectivity index is 1.89. The molecule has 1 saturated heterocycles. The average molecular weight is 426 g/mol. The molecule has 1 unspecified atom stereocenters. The summed E-state index contributed by atoms with van der Waals surface area (Å²) in [7, 11) is -11.7. The average Bonchev–Trinajstić information content (AvgIpc) is 3.34. The van der Waals surface area contributed by atoms with Crippen LogP contribution in [0.25, 0.3) is 14.9 Å². The highest BCUT2D eigenvalue weighted by Crippen LogP contribution is 2.35. The van der Waals surface area contributed by atoms with Gasteiger partial charge in [0.05, 0.1) is 6.61 Å². The smallest absolute Gasteiger partial charge is 0.480 e. The summed E-state index contributed by atoms with van der Waals surface area (Å²) in [4.78, 5) is 0. The number of sulfonamides is 1. The fourth-order valence-electron chi connectivity index (χ4n) is 2.06. The molecule has 0 aromatic heterocycles. The lowest BCUT2D eigenvalue weighted by Crippen LogP contribution is -2.25. The summed E-state index contributed by atoms with van der Waals surface area (Å²) in [5, 5.41) is 1.04. The Bertz CT molecular complexity index is 1060. The van der Waals surface area contributed by atoms with Gasteiger partial charge in [0.25, 0.3) is 0 Å². The van der Waals surface area contributed by atoms with E-state index in [1.165, 1.54) is 6.07 Å². The van der Waals surface area contributed by atoms with Gasteiger partial charge in [-0.25, -0.2) is 16.8 Å². The lowest BCUT2D eigenvalue weighted by Gasteiger charge is -2.22. The Labute approximate surface area is 152 Å². The van der Waals surface area contributed by atoms with Gasteiger partial charge in [-0.2, -0.15) is 13.2 Å². The largest absolute Gasteiger partial charge is 0.490 e. The highest BCUT2D eigenvalue weighted by molar-refractivity contribution is 8.10. The van der Waals surface area contributed by atoms with E-state index in [1.54, 1.807) is 24.3 Å². The first kappa shape index (κ1) is 19.7. The SMILES string of the molecule is O=S(=O)([N-]S(=O)(=O)C(F)(F)F)Oc1cc(OCC2CO2)c2ccccc2c1. The molecule has 1 fully saturated rings. The van der Waals surface area contributed by atoms with Crippen molar-refractivity contribution in [3.8, 4) is 11.5 Å². The van der Waals surface area contributed by atoms with E-state index in [0.717, 1.165) is 6.07 Å². The number of nitrogens with zero attached hydrogens (tertiary/aromatic N) is 1. The molecule has 0 radical (unpaired) electrons. The van der Waals surface area contributed by atoms with Gasteiger partial charge in [0, 0.05) is 11.5 Å². The van der Waals surface area contributed by atoms with Crippen LogP contribution in [0.1, 0.15) is 0 Å². The van der Waals surface area contributed by atoms with Crippen molar-refractivity contribution < 1.29 is 43.7 Å². The molecule has 2 aromatic rings. The quantitative estimate of drug-likeness (QED) is 0.625. The second-order valence-electron chi connectivity index (χ2n) is 5.42. The fourth-order valence-corrected chi connectivity index (χ4v) is 3.82. The molecule has 0 bridgehead atoms. The Morgan fingerprint density at radius 3 is 2.44 bits per heavy atom. The molecule has 3 rings (SSSR count). The van der Waals surface area contributed by atoms with Crippen molar-refractivity contribution >= 4 is 31.1 Å². The molecule has 0 saturated carbocycles. The summed E-state index contributed by atoms with van der Waals surface area (Å²) in [5.41, 5.74) is -5.87. The summed E-state index contributed by atoms with van der Waals surface area (Å²) in [6, 6.07) is 8.90. The summed E-state index contributed by atoms with van der Waals surface area (Å²) in [6.45, 7) is 0.684.